The Hall–Kier alpha value is -2.92. The van der Waals surface area contributed by atoms with Crippen molar-refractivity contribution in [2.45, 2.75) is 49.3 Å². The molecular formula is C32H28CuN8-4. The van der Waals surface area contributed by atoms with E-state index in [9.17, 15) is 0 Å². The maximum Gasteiger partial charge on any atom is 0 e. The maximum atomic E-state index is 5.24. The molecule has 5 heterocycles. The zero-order valence-corrected chi connectivity index (χ0v) is 22.9. The van der Waals surface area contributed by atoms with Crippen LogP contribution in [0.5, 0.6) is 0 Å². The molecule has 8 nitrogen and oxygen atoms in total. The van der Waals surface area contributed by atoms with E-state index in [0.29, 0.717) is 0 Å². The molecule has 0 amide bonds. The Balaban J connectivity index is 0.00000256. The molecule has 9 rings (SSSR count). The second-order valence-corrected chi connectivity index (χ2v) is 11.0. The van der Waals surface area contributed by atoms with Gasteiger partial charge in [-0.15, -0.1) is 0 Å². The first-order chi connectivity index (χ1) is 19.8. The van der Waals surface area contributed by atoms with Crippen LogP contribution in [0.2, 0.25) is 0 Å². The number of rotatable bonds is 0. The van der Waals surface area contributed by atoms with Gasteiger partial charge in [-0.3, -0.25) is 0 Å². The third-order valence-electron chi connectivity index (χ3n) is 8.80. The van der Waals surface area contributed by atoms with Crippen molar-refractivity contribution >= 4 is 0 Å². The van der Waals surface area contributed by atoms with Gasteiger partial charge in [-0.05, 0) is 44.5 Å². The zero-order valence-electron chi connectivity index (χ0n) is 21.9. The second-order valence-electron chi connectivity index (χ2n) is 11.0. The number of nitrogens with zero attached hydrogens (tertiary/aromatic N) is 4. The average Bonchev–Trinajstić information content (AvgIpc) is 3.73. The number of fused-ring (bicyclic) bond motifs is 20. The second kappa shape index (κ2) is 10.1. The van der Waals surface area contributed by atoms with E-state index < -0.39 is 0 Å². The van der Waals surface area contributed by atoms with E-state index in [2.05, 4.69) is 118 Å². The van der Waals surface area contributed by atoms with Gasteiger partial charge in [0.25, 0.3) is 0 Å². The minimum Gasteiger partial charge on any atom is -0.624 e. The molecular weight excluding hydrogens is 560 g/mol. The van der Waals surface area contributed by atoms with Gasteiger partial charge in [0.1, 0.15) is 0 Å². The van der Waals surface area contributed by atoms with Crippen LogP contribution in [-0.4, -0.2) is 0 Å². The summed E-state index contributed by atoms with van der Waals surface area (Å²) in [5.41, 5.74) is 9.42. The standard InChI is InChI=1S/C32H28N8.Cu/c1-2-10-18-17(9-1)25-33-26(18)38-28-21-13-5-6-14-22(21)30(35-28)40-32-24-16-8-7-15-23(24)31(36-32)39-29-20-12-4-3-11-19(20)27(34-29)37-25;/h1-16,25-32,37-40H;/q-4;. The van der Waals surface area contributed by atoms with Crippen molar-refractivity contribution in [2.24, 2.45) is 0 Å². The van der Waals surface area contributed by atoms with Crippen molar-refractivity contribution in [3.05, 3.63) is 163 Å². The van der Waals surface area contributed by atoms with Crippen molar-refractivity contribution < 1.29 is 17.1 Å². The van der Waals surface area contributed by atoms with Gasteiger partial charge in [-0.25, -0.2) is 0 Å². The summed E-state index contributed by atoms with van der Waals surface area (Å²) >= 11 is 0. The Kier molecular flexibility index (Phi) is 6.36. The van der Waals surface area contributed by atoms with Crippen LogP contribution in [0.15, 0.2) is 97.1 Å². The molecule has 0 aliphatic carbocycles. The number of hydrogen-bond donors (Lipinski definition) is 4. The summed E-state index contributed by atoms with van der Waals surface area (Å²) in [6.07, 6.45) is -1.49. The Labute approximate surface area is 249 Å². The summed E-state index contributed by atoms with van der Waals surface area (Å²) in [7, 11) is 0. The van der Waals surface area contributed by atoms with Crippen molar-refractivity contribution in [1.29, 1.82) is 0 Å². The normalized spacial score (nSPS) is 32.4. The van der Waals surface area contributed by atoms with Gasteiger partial charge in [0.05, 0.1) is 0 Å². The molecule has 5 aliphatic heterocycles. The molecule has 8 bridgehead atoms. The minimum absolute atomic E-state index is 0. The van der Waals surface area contributed by atoms with E-state index in [1.54, 1.807) is 0 Å². The Morgan fingerprint density at radius 2 is 0.439 bits per heavy atom. The van der Waals surface area contributed by atoms with Crippen LogP contribution in [0.1, 0.15) is 93.8 Å². The van der Waals surface area contributed by atoms with Crippen LogP contribution in [0, 0.1) is 0 Å². The molecule has 1 fully saturated rings. The molecule has 41 heavy (non-hydrogen) atoms. The first-order valence-corrected chi connectivity index (χ1v) is 14.0. The van der Waals surface area contributed by atoms with Crippen LogP contribution in [0.3, 0.4) is 0 Å². The van der Waals surface area contributed by atoms with Gasteiger partial charge < -0.3 is 42.5 Å². The summed E-state index contributed by atoms with van der Waals surface area (Å²) in [4.78, 5) is 0. The van der Waals surface area contributed by atoms with Crippen molar-refractivity contribution in [1.82, 2.24) is 21.3 Å². The molecule has 8 atom stereocenters. The van der Waals surface area contributed by atoms with Crippen LogP contribution in [0.25, 0.3) is 21.3 Å². The Morgan fingerprint density at radius 3 is 0.585 bits per heavy atom. The predicted octanol–water partition coefficient (Wildman–Crippen LogP) is 6.69. The molecule has 0 aromatic heterocycles. The third-order valence-corrected chi connectivity index (χ3v) is 8.80. The van der Waals surface area contributed by atoms with Gasteiger partial charge in [0.2, 0.25) is 0 Å². The Bertz CT molecular complexity index is 1270. The van der Waals surface area contributed by atoms with E-state index in [1.807, 2.05) is 0 Å². The minimum atomic E-state index is -0.186. The maximum absolute atomic E-state index is 5.24. The van der Waals surface area contributed by atoms with Crippen LogP contribution in [-0.2, 0) is 17.1 Å². The van der Waals surface area contributed by atoms with E-state index in [0.717, 1.165) is 0 Å². The molecule has 0 saturated carbocycles. The van der Waals surface area contributed by atoms with Crippen LogP contribution < -0.4 is 21.3 Å². The number of hydrogen-bond acceptors (Lipinski definition) is 4. The van der Waals surface area contributed by atoms with Crippen LogP contribution >= 0.6 is 0 Å². The first kappa shape index (κ1) is 25.8. The molecule has 8 unspecified atom stereocenters. The third kappa shape index (κ3) is 4.13. The van der Waals surface area contributed by atoms with E-state index in [4.69, 9.17) is 21.3 Å². The smallest absolute Gasteiger partial charge is 0 e. The van der Waals surface area contributed by atoms with E-state index >= 15 is 0 Å². The van der Waals surface area contributed by atoms with Crippen molar-refractivity contribution in [3.63, 3.8) is 0 Å². The predicted molar refractivity (Wildman–Crippen MR) is 154 cm³/mol. The van der Waals surface area contributed by atoms with Crippen molar-refractivity contribution in [2.75, 3.05) is 0 Å². The molecule has 0 spiro atoms. The first-order valence-electron chi connectivity index (χ1n) is 14.0. The monoisotopic (exact) mass is 587 g/mol. The largest absolute Gasteiger partial charge is 0.624 e. The Morgan fingerprint density at radius 1 is 0.293 bits per heavy atom. The molecule has 9 heteroatoms. The molecule has 4 aromatic rings. The van der Waals surface area contributed by atoms with Gasteiger partial charge >= 0.3 is 0 Å². The van der Waals surface area contributed by atoms with Gasteiger partial charge in [-0.1, -0.05) is 146 Å². The fourth-order valence-electron chi connectivity index (χ4n) is 6.94. The van der Waals surface area contributed by atoms with E-state index in [1.165, 1.54) is 44.5 Å². The number of nitrogens with one attached hydrogen (secondary N) is 4. The zero-order chi connectivity index (χ0) is 26.2. The summed E-state index contributed by atoms with van der Waals surface area (Å²) in [6, 6.07) is 34.0. The molecule has 211 valence electrons. The summed E-state index contributed by atoms with van der Waals surface area (Å²) in [5, 5.41) is 36.0. The van der Waals surface area contributed by atoms with E-state index in [-0.39, 0.29) is 66.4 Å². The summed E-state index contributed by atoms with van der Waals surface area (Å²) in [6.45, 7) is 0. The molecule has 4 N–H and O–H groups in total. The van der Waals surface area contributed by atoms with Crippen LogP contribution in [0.4, 0.5) is 0 Å². The fraction of sp³-hybridized carbons (Fsp3) is 0.250. The quantitative estimate of drug-likeness (QED) is 0.172. The van der Waals surface area contributed by atoms with Gasteiger partial charge in [-0.2, -0.15) is 0 Å². The number of benzene rings is 4. The average molecular weight is 588 g/mol. The molecule has 1 saturated heterocycles. The molecule has 5 aliphatic rings. The topological polar surface area (TPSA) is 105 Å². The molecule has 4 aromatic carbocycles. The van der Waals surface area contributed by atoms with Crippen molar-refractivity contribution in [3.8, 4) is 0 Å². The fourth-order valence-corrected chi connectivity index (χ4v) is 6.94. The van der Waals surface area contributed by atoms with Gasteiger partial charge in [0, 0.05) is 17.1 Å². The summed E-state index contributed by atoms with van der Waals surface area (Å²) < 4.78 is 0. The summed E-state index contributed by atoms with van der Waals surface area (Å²) in [5.74, 6) is 0. The van der Waals surface area contributed by atoms with Gasteiger partial charge in [0.15, 0.2) is 0 Å². The SMILES string of the molecule is [Cu].c1ccc2c(c1)C1[N-]C2NC2[N-]C(NC3[N-]C(NC4[N-]C(N1)c1ccccc14)c1ccccc13)c1ccccc12. The molecule has 1 radical (unpaired) electrons.